The maximum Gasteiger partial charge on any atom is 0.341 e. The molecule has 34 heavy (non-hydrogen) atoms. The minimum absolute atomic E-state index is 0.124. The van der Waals surface area contributed by atoms with E-state index >= 15 is 0 Å². The van der Waals surface area contributed by atoms with Crippen molar-refractivity contribution in [3.05, 3.63) is 45.8 Å². The van der Waals surface area contributed by atoms with E-state index in [9.17, 15) is 18.0 Å². The molecule has 0 spiro atoms. The third-order valence-corrected chi connectivity index (χ3v) is 9.69. The number of aryl methyl sites for hydroxylation is 1. The van der Waals surface area contributed by atoms with Crippen molar-refractivity contribution in [2.45, 2.75) is 57.8 Å². The number of anilines is 1. The number of rotatable bonds is 6. The number of carbonyl (C=O) groups excluding carboxylic acids is 2. The molecule has 2 heterocycles. The Balaban J connectivity index is 1.53. The molecule has 1 amide bonds. The fraction of sp³-hybridized carbons (Fsp3) is 0.520. The highest BCUT2D eigenvalue weighted by Crippen LogP contribution is 2.40. The Kier molecular flexibility index (Phi) is 7.45. The van der Waals surface area contributed by atoms with E-state index in [0.717, 1.165) is 35.3 Å². The third kappa shape index (κ3) is 5.06. The number of hydrogen-bond acceptors (Lipinski definition) is 6. The molecular weight excluding hydrogens is 472 g/mol. The van der Waals surface area contributed by atoms with E-state index in [2.05, 4.69) is 12.2 Å². The van der Waals surface area contributed by atoms with E-state index in [1.165, 1.54) is 15.6 Å². The summed E-state index contributed by atoms with van der Waals surface area (Å²) in [6, 6.07) is 6.77. The number of hydrogen-bond donors (Lipinski definition) is 1. The summed E-state index contributed by atoms with van der Waals surface area (Å²) in [7, 11) is -3.67. The predicted molar refractivity (Wildman–Crippen MR) is 133 cm³/mol. The van der Waals surface area contributed by atoms with Crippen LogP contribution in [0.1, 0.15) is 59.5 Å². The van der Waals surface area contributed by atoms with Gasteiger partial charge in [-0.05, 0) is 69.6 Å². The average molecular weight is 505 g/mol. The van der Waals surface area contributed by atoms with Crippen LogP contribution in [0.3, 0.4) is 0 Å². The first-order chi connectivity index (χ1) is 16.2. The first-order valence-electron chi connectivity index (χ1n) is 11.9. The smallest absolute Gasteiger partial charge is 0.341 e. The van der Waals surface area contributed by atoms with Crippen LogP contribution in [0.4, 0.5) is 5.00 Å². The predicted octanol–water partition coefficient (Wildman–Crippen LogP) is 4.40. The largest absolute Gasteiger partial charge is 0.462 e. The molecule has 9 heteroatoms. The highest BCUT2D eigenvalue weighted by molar-refractivity contribution is 7.89. The lowest BCUT2D eigenvalue weighted by atomic mass is 9.88. The van der Waals surface area contributed by atoms with Crippen LogP contribution < -0.4 is 5.32 Å². The molecule has 1 N–H and O–H groups in total. The molecule has 1 saturated heterocycles. The summed E-state index contributed by atoms with van der Waals surface area (Å²) in [5, 5.41) is 3.50. The van der Waals surface area contributed by atoms with Crippen LogP contribution in [0.5, 0.6) is 0 Å². The Hall–Kier alpha value is -2.23. The van der Waals surface area contributed by atoms with Crippen molar-refractivity contribution in [1.82, 2.24) is 4.31 Å². The van der Waals surface area contributed by atoms with Gasteiger partial charge in [-0.25, -0.2) is 13.2 Å². The molecule has 2 atom stereocenters. The maximum atomic E-state index is 13.3. The average Bonchev–Trinajstić information content (AvgIpc) is 3.16. The second kappa shape index (κ2) is 10.2. The van der Waals surface area contributed by atoms with E-state index in [0.29, 0.717) is 35.9 Å². The minimum atomic E-state index is -3.67. The van der Waals surface area contributed by atoms with Gasteiger partial charge in [0.25, 0.3) is 0 Å². The maximum absolute atomic E-state index is 13.3. The second-order valence-electron chi connectivity index (χ2n) is 9.28. The van der Waals surface area contributed by atoms with Gasteiger partial charge in [0.05, 0.1) is 23.0 Å². The monoisotopic (exact) mass is 504 g/mol. The van der Waals surface area contributed by atoms with Crippen molar-refractivity contribution in [1.29, 1.82) is 0 Å². The topological polar surface area (TPSA) is 92.8 Å². The molecule has 0 saturated carbocycles. The summed E-state index contributed by atoms with van der Waals surface area (Å²) in [6.45, 7) is 6.64. The first kappa shape index (κ1) is 24.9. The highest BCUT2D eigenvalue weighted by Gasteiger charge is 2.35. The number of benzene rings is 1. The molecule has 0 bridgehead atoms. The zero-order valence-electron chi connectivity index (χ0n) is 19.9. The SMILES string of the molecule is CCOC(=O)c1c(NC(=O)C2CCCN(S(=O)(=O)c3ccc(C)cc3)C2)sc2c1CCC(C)C2. The summed E-state index contributed by atoms with van der Waals surface area (Å²) in [4.78, 5) is 27.4. The Morgan fingerprint density at radius 1 is 1.21 bits per heavy atom. The molecule has 2 aromatic rings. The Bertz CT molecular complexity index is 1170. The number of ether oxygens (including phenoxy) is 1. The van der Waals surface area contributed by atoms with Crippen LogP contribution in [-0.2, 0) is 32.4 Å². The molecule has 1 aliphatic carbocycles. The molecule has 184 valence electrons. The summed E-state index contributed by atoms with van der Waals surface area (Å²) in [6.07, 6.45) is 3.88. The van der Waals surface area contributed by atoms with Crippen molar-refractivity contribution in [3.8, 4) is 0 Å². The van der Waals surface area contributed by atoms with Gasteiger partial charge >= 0.3 is 5.97 Å². The fourth-order valence-electron chi connectivity index (χ4n) is 4.71. The number of piperidine rings is 1. The number of amides is 1. The molecule has 1 aromatic carbocycles. The van der Waals surface area contributed by atoms with Crippen molar-refractivity contribution in [2.75, 3.05) is 25.0 Å². The van der Waals surface area contributed by atoms with E-state index in [1.54, 1.807) is 31.2 Å². The van der Waals surface area contributed by atoms with E-state index in [4.69, 9.17) is 4.74 Å². The fourth-order valence-corrected chi connectivity index (χ4v) is 7.63. The van der Waals surface area contributed by atoms with Crippen LogP contribution in [0, 0.1) is 18.8 Å². The highest BCUT2D eigenvalue weighted by atomic mass is 32.2. The minimum Gasteiger partial charge on any atom is -0.462 e. The number of nitrogens with one attached hydrogen (secondary N) is 1. The van der Waals surface area contributed by atoms with Crippen LogP contribution in [0.2, 0.25) is 0 Å². The summed E-state index contributed by atoms with van der Waals surface area (Å²) >= 11 is 1.45. The normalized spacial score (nSPS) is 21.0. The van der Waals surface area contributed by atoms with Gasteiger partial charge in [-0.15, -0.1) is 11.3 Å². The van der Waals surface area contributed by atoms with Gasteiger partial charge in [-0.3, -0.25) is 4.79 Å². The third-order valence-electron chi connectivity index (χ3n) is 6.64. The lowest BCUT2D eigenvalue weighted by molar-refractivity contribution is -0.120. The Labute approximate surface area is 205 Å². The number of sulfonamides is 1. The van der Waals surface area contributed by atoms with Crippen LogP contribution >= 0.6 is 11.3 Å². The van der Waals surface area contributed by atoms with Crippen LogP contribution in [0.25, 0.3) is 0 Å². The van der Waals surface area contributed by atoms with E-state index in [1.807, 2.05) is 6.92 Å². The van der Waals surface area contributed by atoms with E-state index in [-0.39, 0.29) is 24.0 Å². The molecule has 2 aliphatic rings. The van der Waals surface area contributed by atoms with Crippen LogP contribution in [-0.4, -0.2) is 44.3 Å². The molecule has 1 aromatic heterocycles. The van der Waals surface area contributed by atoms with Crippen molar-refractivity contribution < 1.29 is 22.7 Å². The molecule has 1 aliphatic heterocycles. The molecule has 4 rings (SSSR count). The van der Waals surface area contributed by atoms with Gasteiger partial charge < -0.3 is 10.1 Å². The summed E-state index contributed by atoms with van der Waals surface area (Å²) < 4.78 is 33.0. The molecule has 1 fully saturated rings. The Morgan fingerprint density at radius 2 is 1.94 bits per heavy atom. The lowest BCUT2D eigenvalue weighted by Gasteiger charge is -2.31. The quantitative estimate of drug-likeness (QED) is 0.589. The number of fused-ring (bicyclic) bond motifs is 1. The Morgan fingerprint density at radius 3 is 2.65 bits per heavy atom. The standard InChI is InChI=1S/C25H32N2O5S2/c1-4-32-25(29)22-20-12-9-17(3)14-21(20)33-24(22)26-23(28)18-6-5-13-27(15-18)34(30,31)19-10-7-16(2)8-11-19/h7-8,10-11,17-18H,4-6,9,12-15H2,1-3H3,(H,26,28). The van der Waals surface area contributed by atoms with Gasteiger partial charge in [-0.2, -0.15) is 4.31 Å². The van der Waals surface area contributed by atoms with Gasteiger partial charge in [-0.1, -0.05) is 24.6 Å². The lowest BCUT2D eigenvalue weighted by Crippen LogP contribution is -2.43. The number of carbonyl (C=O) groups is 2. The van der Waals surface area contributed by atoms with Crippen molar-refractivity contribution in [3.63, 3.8) is 0 Å². The molecular formula is C25H32N2O5S2. The molecule has 2 unspecified atom stereocenters. The van der Waals surface area contributed by atoms with Crippen LogP contribution in [0.15, 0.2) is 29.2 Å². The van der Waals surface area contributed by atoms with Gasteiger partial charge in [0.2, 0.25) is 15.9 Å². The molecule has 7 nitrogen and oxygen atoms in total. The van der Waals surface area contributed by atoms with Crippen molar-refractivity contribution in [2.24, 2.45) is 11.8 Å². The second-order valence-corrected chi connectivity index (χ2v) is 12.3. The zero-order valence-corrected chi connectivity index (χ0v) is 21.6. The van der Waals surface area contributed by atoms with Gasteiger partial charge in [0, 0.05) is 18.0 Å². The summed E-state index contributed by atoms with van der Waals surface area (Å²) in [5.74, 6) is -0.608. The number of thiophene rings is 1. The zero-order chi connectivity index (χ0) is 24.5. The first-order valence-corrected chi connectivity index (χ1v) is 14.2. The van der Waals surface area contributed by atoms with Gasteiger partial charge in [0.15, 0.2) is 0 Å². The van der Waals surface area contributed by atoms with Crippen molar-refractivity contribution >= 4 is 38.2 Å². The summed E-state index contributed by atoms with van der Waals surface area (Å²) in [5.41, 5.74) is 2.45. The molecule has 0 radical (unpaired) electrons. The number of esters is 1. The number of nitrogens with zero attached hydrogens (tertiary/aromatic N) is 1. The van der Waals surface area contributed by atoms with E-state index < -0.39 is 21.9 Å². The van der Waals surface area contributed by atoms with Gasteiger partial charge in [0.1, 0.15) is 5.00 Å².